The average Bonchev–Trinajstić information content (AvgIpc) is 2.38. The Bertz CT molecular complexity index is 451. The van der Waals surface area contributed by atoms with Gasteiger partial charge in [-0.25, -0.2) is 0 Å². The lowest BCUT2D eigenvalue weighted by Crippen LogP contribution is -2.31. The number of aliphatic hydroxyl groups is 1. The largest absolute Gasteiger partial charge is 0.389 e. The van der Waals surface area contributed by atoms with Crippen molar-refractivity contribution in [2.45, 2.75) is 40.2 Å². The molecule has 1 aliphatic rings. The average molecular weight is 259 g/mol. The van der Waals surface area contributed by atoms with Gasteiger partial charge in [0.05, 0.1) is 6.10 Å². The lowest BCUT2D eigenvalue weighted by Gasteiger charge is -2.33. The van der Waals surface area contributed by atoms with Crippen LogP contribution < -0.4 is 4.90 Å². The maximum absolute atomic E-state index is 9.53. The van der Waals surface area contributed by atoms with Gasteiger partial charge in [0.25, 0.3) is 0 Å². The van der Waals surface area contributed by atoms with E-state index in [9.17, 15) is 5.11 Å². The predicted molar refractivity (Wildman–Crippen MR) is 81.4 cm³/mol. The molecule has 0 radical (unpaired) electrons. The molecule has 0 amide bonds. The highest BCUT2D eigenvalue weighted by Gasteiger charge is 2.21. The predicted octanol–water partition coefficient (Wildman–Crippen LogP) is 3.92. The quantitative estimate of drug-likeness (QED) is 0.814. The summed E-state index contributed by atoms with van der Waals surface area (Å²) in [7, 11) is 0. The number of nitrogens with zero attached hydrogens (tertiary/aromatic N) is 1. The molecule has 19 heavy (non-hydrogen) atoms. The molecular weight excluding hydrogens is 234 g/mol. The van der Waals surface area contributed by atoms with Crippen LogP contribution in [-0.4, -0.2) is 18.2 Å². The maximum Gasteiger partial charge on any atom is 0.0761 e. The molecule has 0 spiro atoms. The Morgan fingerprint density at radius 1 is 1.16 bits per heavy atom. The van der Waals surface area contributed by atoms with Gasteiger partial charge in [-0.2, -0.15) is 0 Å². The molecule has 0 fully saturated rings. The first-order valence-corrected chi connectivity index (χ1v) is 7.10. The van der Waals surface area contributed by atoms with Gasteiger partial charge in [-0.05, 0) is 36.5 Å². The molecule has 0 aliphatic carbocycles. The second-order valence-electron chi connectivity index (χ2n) is 6.44. The van der Waals surface area contributed by atoms with Crippen molar-refractivity contribution in [1.29, 1.82) is 0 Å². The topological polar surface area (TPSA) is 23.5 Å². The first-order chi connectivity index (χ1) is 8.88. The molecule has 2 heteroatoms. The number of aliphatic hydroxyl groups excluding tert-OH is 1. The molecule has 1 N–H and O–H groups in total. The van der Waals surface area contributed by atoms with Gasteiger partial charge in [0, 0.05) is 18.8 Å². The van der Waals surface area contributed by atoms with Crippen LogP contribution in [0, 0.1) is 5.41 Å². The minimum atomic E-state index is -0.386. The lowest BCUT2D eigenvalue weighted by atomic mass is 9.83. The number of hydrogen-bond acceptors (Lipinski definition) is 2. The van der Waals surface area contributed by atoms with Crippen molar-refractivity contribution in [2.24, 2.45) is 5.41 Å². The third-order valence-electron chi connectivity index (χ3n) is 3.91. The van der Waals surface area contributed by atoms with Crippen LogP contribution in [0.3, 0.4) is 0 Å². The lowest BCUT2D eigenvalue weighted by molar-refractivity contribution is 0.199. The van der Waals surface area contributed by atoms with Crippen LogP contribution in [0.15, 0.2) is 35.9 Å². The summed E-state index contributed by atoms with van der Waals surface area (Å²) >= 11 is 0. The summed E-state index contributed by atoms with van der Waals surface area (Å²) in [5, 5.41) is 9.53. The highest BCUT2D eigenvalue weighted by Crippen LogP contribution is 2.31. The SMILES string of the molecule is C[C@@H](O)c1ccc(N2CC=C(C(C)(C)C)CC2)cc1. The molecular formula is C17H25NO. The van der Waals surface area contributed by atoms with Crippen molar-refractivity contribution in [3.8, 4) is 0 Å². The van der Waals surface area contributed by atoms with Crippen molar-refractivity contribution >= 4 is 5.69 Å². The zero-order chi connectivity index (χ0) is 14.0. The smallest absolute Gasteiger partial charge is 0.0761 e. The Hall–Kier alpha value is -1.28. The molecule has 1 aromatic rings. The standard InChI is InChI=1S/C17H25NO/c1-13(19)14-5-7-16(8-6-14)18-11-9-15(10-12-18)17(2,3)4/h5-9,13,19H,10-12H2,1-4H3/t13-/m1/s1. The molecule has 2 rings (SSSR count). The van der Waals surface area contributed by atoms with Gasteiger partial charge in [-0.15, -0.1) is 0 Å². The number of benzene rings is 1. The molecule has 1 aliphatic heterocycles. The number of hydrogen-bond donors (Lipinski definition) is 1. The van der Waals surface area contributed by atoms with E-state index in [1.54, 1.807) is 12.5 Å². The van der Waals surface area contributed by atoms with Gasteiger partial charge in [0.15, 0.2) is 0 Å². The minimum Gasteiger partial charge on any atom is -0.389 e. The van der Waals surface area contributed by atoms with E-state index >= 15 is 0 Å². The fourth-order valence-corrected chi connectivity index (χ4v) is 2.55. The fourth-order valence-electron chi connectivity index (χ4n) is 2.55. The van der Waals surface area contributed by atoms with Gasteiger partial charge in [0.1, 0.15) is 0 Å². The molecule has 0 saturated carbocycles. The molecule has 0 aromatic heterocycles. The van der Waals surface area contributed by atoms with Crippen molar-refractivity contribution in [3.63, 3.8) is 0 Å². The highest BCUT2D eigenvalue weighted by molar-refractivity contribution is 5.49. The minimum absolute atomic E-state index is 0.294. The van der Waals surface area contributed by atoms with E-state index in [-0.39, 0.29) is 6.10 Å². The summed E-state index contributed by atoms with van der Waals surface area (Å²) in [6.45, 7) is 10.7. The molecule has 0 unspecified atom stereocenters. The summed E-state index contributed by atoms with van der Waals surface area (Å²) in [6.07, 6.45) is 3.12. The second kappa shape index (κ2) is 5.38. The highest BCUT2D eigenvalue weighted by atomic mass is 16.3. The van der Waals surface area contributed by atoms with Crippen LogP contribution in [0.25, 0.3) is 0 Å². The molecule has 2 nitrogen and oxygen atoms in total. The van der Waals surface area contributed by atoms with Crippen molar-refractivity contribution < 1.29 is 5.11 Å². The summed E-state index contributed by atoms with van der Waals surface area (Å²) in [5.41, 5.74) is 4.08. The van der Waals surface area contributed by atoms with E-state index in [4.69, 9.17) is 0 Å². The van der Waals surface area contributed by atoms with Crippen molar-refractivity contribution in [1.82, 2.24) is 0 Å². The summed E-state index contributed by atoms with van der Waals surface area (Å²) in [4.78, 5) is 2.39. The van der Waals surface area contributed by atoms with Crippen LogP contribution in [0.1, 0.15) is 45.8 Å². The maximum atomic E-state index is 9.53. The van der Waals surface area contributed by atoms with E-state index in [1.165, 1.54) is 5.69 Å². The Labute approximate surface area is 116 Å². The monoisotopic (exact) mass is 259 g/mol. The van der Waals surface area contributed by atoms with Crippen molar-refractivity contribution in [3.05, 3.63) is 41.5 Å². The summed E-state index contributed by atoms with van der Waals surface area (Å²) in [6, 6.07) is 8.25. The van der Waals surface area contributed by atoms with Crippen LogP contribution in [-0.2, 0) is 0 Å². The van der Waals surface area contributed by atoms with E-state index < -0.39 is 0 Å². The third kappa shape index (κ3) is 3.38. The Morgan fingerprint density at radius 3 is 2.21 bits per heavy atom. The first kappa shape index (κ1) is 14.1. The van der Waals surface area contributed by atoms with Gasteiger partial charge >= 0.3 is 0 Å². The normalized spacial score (nSPS) is 18.2. The first-order valence-electron chi connectivity index (χ1n) is 7.10. The molecule has 1 atom stereocenters. The van der Waals surface area contributed by atoms with E-state index in [0.29, 0.717) is 5.41 Å². The summed E-state index contributed by atoms with van der Waals surface area (Å²) < 4.78 is 0. The number of rotatable bonds is 2. The zero-order valence-corrected chi connectivity index (χ0v) is 12.5. The molecule has 0 saturated heterocycles. The molecule has 1 aromatic carbocycles. The van der Waals surface area contributed by atoms with Gasteiger partial charge in [-0.3, -0.25) is 0 Å². The van der Waals surface area contributed by atoms with Crippen LogP contribution >= 0.6 is 0 Å². The molecule has 1 heterocycles. The Morgan fingerprint density at radius 2 is 1.79 bits per heavy atom. The van der Waals surface area contributed by atoms with Gasteiger partial charge in [0.2, 0.25) is 0 Å². The third-order valence-corrected chi connectivity index (χ3v) is 3.91. The Kier molecular flexibility index (Phi) is 4.00. The summed E-state index contributed by atoms with van der Waals surface area (Å²) in [5.74, 6) is 0. The van der Waals surface area contributed by atoms with E-state index in [0.717, 1.165) is 25.1 Å². The fraction of sp³-hybridized carbons (Fsp3) is 0.529. The van der Waals surface area contributed by atoms with Crippen molar-refractivity contribution in [2.75, 3.05) is 18.0 Å². The Balaban J connectivity index is 2.07. The second-order valence-corrected chi connectivity index (χ2v) is 6.44. The van der Waals surface area contributed by atoms with Gasteiger partial charge < -0.3 is 10.0 Å². The zero-order valence-electron chi connectivity index (χ0n) is 12.5. The molecule has 104 valence electrons. The number of anilines is 1. The van der Waals surface area contributed by atoms with Crippen LogP contribution in [0.2, 0.25) is 0 Å². The van der Waals surface area contributed by atoms with E-state index in [2.05, 4.69) is 43.9 Å². The van der Waals surface area contributed by atoms with E-state index in [1.807, 2.05) is 12.1 Å². The van der Waals surface area contributed by atoms with Crippen LogP contribution in [0.4, 0.5) is 5.69 Å². The molecule has 0 bridgehead atoms. The van der Waals surface area contributed by atoms with Crippen LogP contribution in [0.5, 0.6) is 0 Å². The van der Waals surface area contributed by atoms with Gasteiger partial charge in [-0.1, -0.05) is 44.6 Å².